The highest BCUT2D eigenvalue weighted by molar-refractivity contribution is 6.08. The van der Waals surface area contributed by atoms with E-state index >= 15 is 0 Å². The van der Waals surface area contributed by atoms with Crippen LogP contribution in [0.4, 0.5) is 23.2 Å². The van der Waals surface area contributed by atoms with Crippen LogP contribution in [0, 0.1) is 0 Å². The average Bonchev–Trinajstić information content (AvgIpc) is 2.58. The van der Waals surface area contributed by atoms with E-state index < -0.39 is 18.3 Å². The van der Waals surface area contributed by atoms with Crippen LogP contribution in [0.1, 0.15) is 23.2 Å². The summed E-state index contributed by atoms with van der Waals surface area (Å²) in [6.45, 7) is -0.191. The van der Waals surface area contributed by atoms with E-state index in [0.29, 0.717) is 4.90 Å². The molecule has 0 saturated heterocycles. The normalized spacial score (nSPS) is 16.1. The van der Waals surface area contributed by atoms with Gasteiger partial charge in [0.1, 0.15) is 0 Å². The second-order valence-electron chi connectivity index (χ2n) is 4.42. The molecule has 1 aliphatic heterocycles. The minimum absolute atomic E-state index is 0.0414. The third-order valence-electron chi connectivity index (χ3n) is 3.09. The Labute approximate surface area is 112 Å². The number of fused-ring (bicyclic) bond motifs is 1. The topological polar surface area (TPSA) is 37.4 Å². The summed E-state index contributed by atoms with van der Waals surface area (Å²) in [5, 5.41) is 0. The molecule has 2 rings (SSSR count). The first-order chi connectivity index (χ1) is 9.35. The van der Waals surface area contributed by atoms with Crippen molar-refractivity contribution < 1.29 is 27.2 Å². The summed E-state index contributed by atoms with van der Waals surface area (Å²) < 4.78 is 51.1. The number of alkyl halides is 4. The van der Waals surface area contributed by atoms with Crippen molar-refractivity contribution in [3.05, 3.63) is 29.8 Å². The van der Waals surface area contributed by atoms with Gasteiger partial charge in [0.25, 0.3) is 0 Å². The van der Waals surface area contributed by atoms with E-state index in [4.69, 9.17) is 0 Å². The van der Waals surface area contributed by atoms with Gasteiger partial charge in [-0.2, -0.15) is 8.78 Å². The number of carbonyl (C=O) groups excluding carboxylic acids is 2. The van der Waals surface area contributed by atoms with Crippen molar-refractivity contribution in [1.29, 1.82) is 0 Å². The number of anilines is 1. The second-order valence-corrected chi connectivity index (χ2v) is 4.42. The number of para-hydroxylation sites is 1. The summed E-state index contributed by atoms with van der Waals surface area (Å²) in [6, 6.07) is 5.68. The van der Waals surface area contributed by atoms with Gasteiger partial charge in [0.15, 0.2) is 5.78 Å². The number of benzene rings is 1. The van der Waals surface area contributed by atoms with E-state index in [1.807, 2.05) is 0 Å². The molecule has 20 heavy (non-hydrogen) atoms. The zero-order chi connectivity index (χ0) is 14.9. The van der Waals surface area contributed by atoms with Gasteiger partial charge in [-0.25, -0.2) is 8.78 Å². The standard InChI is InChI=1S/C13H11F4NO2/c14-11(15)13(16,17)12(20)18-7-3-6-10(19)8-4-1-2-5-9(8)18/h1-2,4-5,11H,3,6-7H2. The first-order valence-electron chi connectivity index (χ1n) is 5.96. The van der Waals surface area contributed by atoms with E-state index in [9.17, 15) is 27.2 Å². The Bertz CT molecular complexity index is 545. The number of halogens is 4. The highest BCUT2D eigenvalue weighted by atomic mass is 19.3. The maximum atomic E-state index is 13.2. The lowest BCUT2D eigenvalue weighted by Crippen LogP contribution is -2.48. The fourth-order valence-electron chi connectivity index (χ4n) is 2.08. The number of Topliss-reactive ketones (excluding diaryl/α,β-unsaturated/α-hetero) is 1. The van der Waals surface area contributed by atoms with E-state index in [1.54, 1.807) is 0 Å². The molecule has 0 fully saturated rings. The number of nitrogens with zero attached hydrogens (tertiary/aromatic N) is 1. The molecule has 0 aromatic heterocycles. The molecular formula is C13H11F4NO2. The summed E-state index contributed by atoms with van der Waals surface area (Å²) >= 11 is 0. The SMILES string of the molecule is O=C1CCCN(C(=O)C(F)(F)C(F)F)c2ccccc21. The van der Waals surface area contributed by atoms with Crippen molar-refractivity contribution in [1.82, 2.24) is 0 Å². The van der Waals surface area contributed by atoms with Crippen LogP contribution in [0.5, 0.6) is 0 Å². The van der Waals surface area contributed by atoms with Crippen molar-refractivity contribution in [2.24, 2.45) is 0 Å². The summed E-state index contributed by atoms with van der Waals surface area (Å²) in [4.78, 5) is 24.0. The Morgan fingerprint density at radius 2 is 1.90 bits per heavy atom. The van der Waals surface area contributed by atoms with Crippen LogP contribution in [0.2, 0.25) is 0 Å². The van der Waals surface area contributed by atoms with Crippen molar-refractivity contribution in [3.63, 3.8) is 0 Å². The molecule has 1 aromatic rings. The molecule has 1 amide bonds. The van der Waals surface area contributed by atoms with Crippen LogP contribution in [0.25, 0.3) is 0 Å². The molecule has 3 nitrogen and oxygen atoms in total. The number of hydrogen-bond donors (Lipinski definition) is 0. The number of carbonyl (C=O) groups is 2. The van der Waals surface area contributed by atoms with Gasteiger partial charge in [0.05, 0.1) is 5.69 Å². The maximum Gasteiger partial charge on any atom is 0.384 e. The smallest absolute Gasteiger partial charge is 0.306 e. The third-order valence-corrected chi connectivity index (χ3v) is 3.09. The third kappa shape index (κ3) is 2.39. The lowest BCUT2D eigenvalue weighted by atomic mass is 10.1. The average molecular weight is 289 g/mol. The van der Waals surface area contributed by atoms with Gasteiger partial charge < -0.3 is 4.90 Å². The number of rotatable bonds is 2. The van der Waals surface area contributed by atoms with Gasteiger partial charge in [0.2, 0.25) is 0 Å². The number of amides is 1. The number of hydrogen-bond acceptors (Lipinski definition) is 2. The maximum absolute atomic E-state index is 13.2. The first kappa shape index (κ1) is 14.5. The molecule has 7 heteroatoms. The van der Waals surface area contributed by atoms with Crippen LogP contribution in [-0.4, -0.2) is 30.6 Å². The highest BCUT2D eigenvalue weighted by Crippen LogP contribution is 2.32. The predicted octanol–water partition coefficient (Wildman–Crippen LogP) is 2.90. The van der Waals surface area contributed by atoms with Gasteiger partial charge in [-0.15, -0.1) is 0 Å². The fraction of sp³-hybridized carbons (Fsp3) is 0.385. The Hall–Kier alpha value is -1.92. The minimum Gasteiger partial charge on any atom is -0.306 e. The molecule has 0 atom stereocenters. The van der Waals surface area contributed by atoms with Crippen LogP contribution >= 0.6 is 0 Å². The lowest BCUT2D eigenvalue weighted by molar-refractivity contribution is -0.166. The van der Waals surface area contributed by atoms with E-state index in [2.05, 4.69) is 0 Å². The van der Waals surface area contributed by atoms with Crippen LogP contribution in [0.15, 0.2) is 24.3 Å². The first-order valence-corrected chi connectivity index (χ1v) is 5.96. The highest BCUT2D eigenvalue weighted by Gasteiger charge is 2.52. The Balaban J connectivity index is 2.45. The Morgan fingerprint density at radius 3 is 2.55 bits per heavy atom. The Kier molecular flexibility index (Phi) is 3.78. The van der Waals surface area contributed by atoms with Gasteiger partial charge in [0, 0.05) is 18.5 Å². The van der Waals surface area contributed by atoms with Gasteiger partial charge in [-0.1, -0.05) is 12.1 Å². The van der Waals surface area contributed by atoms with E-state index in [0.717, 1.165) is 0 Å². The summed E-state index contributed by atoms with van der Waals surface area (Å²) in [6.07, 6.45) is -3.85. The molecule has 108 valence electrons. The summed E-state index contributed by atoms with van der Waals surface area (Å²) in [7, 11) is 0. The molecule has 0 spiro atoms. The van der Waals surface area contributed by atoms with Gasteiger partial charge in [-0.05, 0) is 18.6 Å². The Morgan fingerprint density at radius 1 is 1.25 bits per heavy atom. The molecule has 0 bridgehead atoms. The van der Waals surface area contributed by atoms with E-state index in [-0.39, 0.29) is 36.4 Å². The zero-order valence-electron chi connectivity index (χ0n) is 10.3. The molecule has 0 saturated carbocycles. The van der Waals surface area contributed by atoms with Crippen molar-refractivity contribution in [2.75, 3.05) is 11.4 Å². The van der Waals surface area contributed by atoms with Crippen LogP contribution in [0.3, 0.4) is 0 Å². The molecule has 1 aromatic carbocycles. The van der Waals surface area contributed by atoms with Crippen molar-refractivity contribution in [3.8, 4) is 0 Å². The van der Waals surface area contributed by atoms with Gasteiger partial charge >= 0.3 is 18.3 Å². The van der Waals surface area contributed by atoms with Crippen LogP contribution < -0.4 is 4.90 Å². The molecule has 1 heterocycles. The monoisotopic (exact) mass is 289 g/mol. The van der Waals surface area contributed by atoms with Crippen molar-refractivity contribution >= 4 is 17.4 Å². The van der Waals surface area contributed by atoms with E-state index in [1.165, 1.54) is 24.3 Å². The van der Waals surface area contributed by atoms with Gasteiger partial charge in [-0.3, -0.25) is 9.59 Å². The minimum atomic E-state index is -4.76. The molecule has 0 unspecified atom stereocenters. The molecule has 0 aliphatic carbocycles. The molecule has 0 radical (unpaired) electrons. The van der Waals surface area contributed by atoms with Crippen molar-refractivity contribution in [2.45, 2.75) is 25.2 Å². The quantitative estimate of drug-likeness (QED) is 0.785. The fourth-order valence-corrected chi connectivity index (χ4v) is 2.08. The molecular weight excluding hydrogens is 278 g/mol. The predicted molar refractivity (Wildman–Crippen MR) is 63.3 cm³/mol. The zero-order valence-corrected chi connectivity index (χ0v) is 10.3. The number of ketones is 1. The van der Waals surface area contributed by atoms with Crippen LogP contribution in [-0.2, 0) is 4.79 Å². The lowest BCUT2D eigenvalue weighted by Gasteiger charge is -2.26. The summed E-state index contributed by atoms with van der Waals surface area (Å²) in [5.74, 6) is -7.04. The second kappa shape index (κ2) is 5.22. The largest absolute Gasteiger partial charge is 0.384 e. The molecule has 0 N–H and O–H groups in total. The molecule has 1 aliphatic rings. The summed E-state index contributed by atoms with van der Waals surface area (Å²) in [5.41, 5.74) is 0.0590.